The third kappa shape index (κ3) is 13.1. The number of carbonyl (C=O) groups is 2. The number of carboxylic acid groups (broad SMARTS) is 2. The molecule has 0 amide bonds. The molecule has 1 aromatic carbocycles. The molecule has 6 nitrogen and oxygen atoms in total. The van der Waals surface area contributed by atoms with Crippen molar-refractivity contribution in [3.05, 3.63) is 29.8 Å². The van der Waals surface area contributed by atoms with E-state index in [0.29, 0.717) is 12.5 Å². The lowest BCUT2D eigenvalue weighted by atomic mass is 10.1. The number of ether oxygens (including phenoxy) is 1. The first-order valence-corrected chi connectivity index (χ1v) is 7.96. The Balaban J connectivity index is 0.000000758. The van der Waals surface area contributed by atoms with E-state index in [4.69, 9.17) is 19.7 Å². The Labute approximate surface area is 150 Å². The summed E-state index contributed by atoms with van der Waals surface area (Å²) in [5, 5.41) is 18.7. The van der Waals surface area contributed by atoms with Gasteiger partial charge >= 0.3 is 18.1 Å². The summed E-state index contributed by atoms with van der Waals surface area (Å²) in [4.78, 5) is 19.2. The lowest BCUT2D eigenvalue weighted by molar-refractivity contribution is -0.192. The number of hydrogen-bond acceptors (Lipinski definition) is 4. The van der Waals surface area contributed by atoms with Crippen molar-refractivity contribution in [2.45, 2.75) is 32.9 Å². The molecule has 0 bridgehead atoms. The number of halogens is 3. The quantitative estimate of drug-likeness (QED) is 0.571. The Morgan fingerprint density at radius 1 is 1.12 bits per heavy atom. The maximum atomic E-state index is 10.6. The number of nitrogens with one attached hydrogen (secondary N) is 1. The molecule has 148 valence electrons. The Kier molecular flexibility index (Phi) is 11.1. The molecule has 0 aliphatic carbocycles. The first-order valence-electron chi connectivity index (χ1n) is 7.96. The zero-order chi connectivity index (χ0) is 20.2. The highest BCUT2D eigenvalue weighted by Crippen LogP contribution is 2.14. The third-order valence-electron chi connectivity index (χ3n) is 2.86. The summed E-state index contributed by atoms with van der Waals surface area (Å²) < 4.78 is 37.3. The topological polar surface area (TPSA) is 95.9 Å². The van der Waals surface area contributed by atoms with E-state index >= 15 is 0 Å². The average molecular weight is 379 g/mol. The fourth-order valence-corrected chi connectivity index (χ4v) is 1.57. The van der Waals surface area contributed by atoms with E-state index in [1.807, 2.05) is 12.1 Å². The molecule has 0 aliphatic heterocycles. The molecule has 0 fully saturated rings. The Hall–Kier alpha value is -2.29. The molecule has 0 unspecified atom stereocenters. The van der Waals surface area contributed by atoms with Gasteiger partial charge in [0, 0.05) is 6.54 Å². The van der Waals surface area contributed by atoms with Crippen LogP contribution in [0.2, 0.25) is 0 Å². The summed E-state index contributed by atoms with van der Waals surface area (Å²) in [7, 11) is 0. The van der Waals surface area contributed by atoms with Crippen molar-refractivity contribution in [1.82, 2.24) is 5.32 Å². The van der Waals surface area contributed by atoms with Crippen LogP contribution in [-0.4, -0.2) is 48.0 Å². The Bertz CT molecular complexity index is 544. The number of hydrogen-bond donors (Lipinski definition) is 3. The molecule has 0 atom stereocenters. The highest BCUT2D eigenvalue weighted by Gasteiger charge is 2.38. The second-order valence-corrected chi connectivity index (χ2v) is 5.80. The van der Waals surface area contributed by atoms with Crippen LogP contribution in [0.1, 0.15) is 25.8 Å². The van der Waals surface area contributed by atoms with Crippen molar-refractivity contribution in [2.24, 2.45) is 5.92 Å². The molecular formula is C17H24F3NO5. The molecule has 0 aromatic heterocycles. The van der Waals surface area contributed by atoms with Crippen molar-refractivity contribution in [3.63, 3.8) is 0 Å². The number of alkyl halides is 3. The molecular weight excluding hydrogens is 355 g/mol. The lowest BCUT2D eigenvalue weighted by Crippen LogP contribution is -2.21. The van der Waals surface area contributed by atoms with E-state index in [0.717, 1.165) is 25.3 Å². The number of aliphatic carboxylic acids is 2. The molecule has 1 rings (SSSR count). The summed E-state index contributed by atoms with van der Waals surface area (Å²) >= 11 is 0. The summed E-state index contributed by atoms with van der Waals surface area (Å²) in [6, 6.07) is 8.06. The van der Waals surface area contributed by atoms with Crippen LogP contribution in [0.5, 0.6) is 5.75 Å². The van der Waals surface area contributed by atoms with E-state index in [9.17, 15) is 18.0 Å². The van der Waals surface area contributed by atoms with Crippen LogP contribution in [-0.2, 0) is 16.0 Å². The zero-order valence-electron chi connectivity index (χ0n) is 14.7. The van der Waals surface area contributed by atoms with Gasteiger partial charge in [-0.2, -0.15) is 13.2 Å². The van der Waals surface area contributed by atoms with E-state index in [-0.39, 0.29) is 6.42 Å². The van der Waals surface area contributed by atoms with Gasteiger partial charge in [-0.25, -0.2) is 4.79 Å². The van der Waals surface area contributed by atoms with Gasteiger partial charge in [0.05, 0.1) is 13.0 Å². The van der Waals surface area contributed by atoms with Gasteiger partial charge in [0.1, 0.15) is 5.75 Å². The second-order valence-electron chi connectivity index (χ2n) is 5.80. The van der Waals surface area contributed by atoms with Crippen LogP contribution in [0.4, 0.5) is 13.2 Å². The van der Waals surface area contributed by atoms with E-state index < -0.39 is 18.1 Å². The van der Waals surface area contributed by atoms with Gasteiger partial charge in [0.25, 0.3) is 0 Å². The van der Waals surface area contributed by atoms with Gasteiger partial charge in [-0.3, -0.25) is 4.79 Å². The van der Waals surface area contributed by atoms with Crippen molar-refractivity contribution in [2.75, 3.05) is 19.7 Å². The van der Waals surface area contributed by atoms with Crippen molar-refractivity contribution >= 4 is 11.9 Å². The van der Waals surface area contributed by atoms with E-state index in [1.54, 1.807) is 0 Å². The maximum Gasteiger partial charge on any atom is 0.490 e. The molecule has 26 heavy (non-hydrogen) atoms. The highest BCUT2D eigenvalue weighted by molar-refractivity contribution is 5.73. The zero-order valence-corrected chi connectivity index (χ0v) is 14.7. The molecule has 9 heteroatoms. The molecule has 0 saturated carbocycles. The van der Waals surface area contributed by atoms with E-state index in [1.165, 1.54) is 5.56 Å². The minimum Gasteiger partial charge on any atom is -0.493 e. The summed E-state index contributed by atoms with van der Waals surface area (Å²) in [5.41, 5.74) is 1.22. The molecule has 0 spiro atoms. The number of rotatable bonds is 9. The largest absolute Gasteiger partial charge is 0.493 e. The van der Waals surface area contributed by atoms with Crippen LogP contribution < -0.4 is 10.1 Å². The van der Waals surface area contributed by atoms with Crippen molar-refractivity contribution in [3.8, 4) is 5.75 Å². The van der Waals surface area contributed by atoms with Gasteiger partial charge in [0.2, 0.25) is 0 Å². The smallest absolute Gasteiger partial charge is 0.490 e. The summed E-state index contributed by atoms with van der Waals surface area (Å²) in [6.45, 7) is 6.29. The molecule has 0 heterocycles. The van der Waals surface area contributed by atoms with Crippen LogP contribution in [0.25, 0.3) is 0 Å². The molecule has 3 N–H and O–H groups in total. The second kappa shape index (κ2) is 12.1. The van der Waals surface area contributed by atoms with Crippen LogP contribution in [0.15, 0.2) is 24.3 Å². The Morgan fingerprint density at radius 3 is 2.08 bits per heavy atom. The van der Waals surface area contributed by atoms with Crippen molar-refractivity contribution in [1.29, 1.82) is 0 Å². The molecule has 1 aromatic rings. The maximum absolute atomic E-state index is 10.6. The number of benzene rings is 1. The predicted octanol–water partition coefficient (Wildman–Crippen LogP) is 2.96. The van der Waals surface area contributed by atoms with Gasteiger partial charge in [0.15, 0.2) is 0 Å². The van der Waals surface area contributed by atoms with E-state index in [2.05, 4.69) is 31.3 Å². The van der Waals surface area contributed by atoms with Crippen LogP contribution >= 0.6 is 0 Å². The average Bonchev–Trinajstić information content (AvgIpc) is 2.53. The van der Waals surface area contributed by atoms with Gasteiger partial charge in [-0.15, -0.1) is 0 Å². The van der Waals surface area contributed by atoms with Gasteiger partial charge in [-0.05, 0) is 36.6 Å². The fourth-order valence-electron chi connectivity index (χ4n) is 1.57. The summed E-state index contributed by atoms with van der Waals surface area (Å²) in [6.07, 6.45) is -4.02. The molecule has 0 aliphatic rings. The monoisotopic (exact) mass is 379 g/mol. The molecule has 0 saturated heterocycles. The minimum atomic E-state index is -5.08. The summed E-state index contributed by atoms with van der Waals surface area (Å²) in [5.74, 6) is -2.10. The lowest BCUT2D eigenvalue weighted by Gasteiger charge is -2.09. The third-order valence-corrected chi connectivity index (χ3v) is 2.86. The first-order chi connectivity index (χ1) is 12.0. The molecule has 0 radical (unpaired) electrons. The highest BCUT2D eigenvalue weighted by atomic mass is 19.4. The number of carboxylic acids is 2. The van der Waals surface area contributed by atoms with Gasteiger partial charge in [-0.1, -0.05) is 26.0 Å². The van der Waals surface area contributed by atoms with Crippen LogP contribution in [0.3, 0.4) is 0 Å². The minimum absolute atomic E-state index is 0.169. The standard InChI is InChI=1S/C15H23NO3.C2HF3O2/c1-12(2)11-19-14-5-3-13(4-6-14)7-9-16-10-8-15(17)18;3-2(4,5)1(6)7/h3-6,12,16H,7-11H2,1-2H3,(H,17,18);(H,6,7). The fraction of sp³-hybridized carbons (Fsp3) is 0.529. The predicted molar refractivity (Wildman–Crippen MR) is 89.3 cm³/mol. The van der Waals surface area contributed by atoms with Gasteiger partial charge < -0.3 is 20.3 Å². The first kappa shape index (κ1) is 23.7. The normalized spacial score (nSPS) is 10.8. The Morgan fingerprint density at radius 2 is 1.65 bits per heavy atom. The SMILES string of the molecule is CC(C)COc1ccc(CCNCCC(=O)O)cc1.O=C(O)C(F)(F)F. The van der Waals surface area contributed by atoms with Crippen molar-refractivity contribution < 1.29 is 37.7 Å². The van der Waals surface area contributed by atoms with Crippen LogP contribution in [0, 0.1) is 5.92 Å².